The molecule has 0 radical (unpaired) electrons. The minimum atomic E-state index is 0.130. The largest absolute Gasteiger partial charge is 0.281 e. The number of hydrogen-bond donors (Lipinski definition) is 0. The van der Waals surface area contributed by atoms with E-state index in [1.165, 1.54) is 0 Å². The number of aromatic nitrogens is 2. The van der Waals surface area contributed by atoms with Crippen LogP contribution >= 0.6 is 15.9 Å². The molecule has 1 amide bonds. The van der Waals surface area contributed by atoms with Gasteiger partial charge in [0.25, 0.3) is 0 Å². The Morgan fingerprint density at radius 3 is 3.00 bits per heavy atom. The van der Waals surface area contributed by atoms with Crippen LogP contribution in [-0.2, 0) is 4.79 Å². The molecule has 2 rings (SSSR count). The molecule has 0 spiro atoms. The van der Waals surface area contributed by atoms with Crippen LogP contribution < -0.4 is 4.90 Å². The van der Waals surface area contributed by atoms with E-state index in [9.17, 15) is 4.79 Å². The molecule has 5 heteroatoms. The van der Waals surface area contributed by atoms with Crippen molar-refractivity contribution in [2.45, 2.75) is 25.7 Å². The summed E-state index contributed by atoms with van der Waals surface area (Å²) >= 11 is 3.28. The van der Waals surface area contributed by atoms with E-state index in [0.29, 0.717) is 17.0 Å². The third-order valence-electron chi connectivity index (χ3n) is 2.42. The Balaban J connectivity index is 2.24. The monoisotopic (exact) mass is 269 g/mol. The van der Waals surface area contributed by atoms with Crippen LogP contribution in [0.25, 0.3) is 0 Å². The molecular formula is C10H12BrN3O. The summed E-state index contributed by atoms with van der Waals surface area (Å²) in [6.45, 7) is 0.731. The molecule has 0 unspecified atom stereocenters. The lowest BCUT2D eigenvalue weighted by molar-refractivity contribution is -0.118. The summed E-state index contributed by atoms with van der Waals surface area (Å²) in [5.74, 6) is 0.641. The van der Waals surface area contributed by atoms with Gasteiger partial charge >= 0.3 is 0 Å². The summed E-state index contributed by atoms with van der Waals surface area (Å²) in [6, 6.07) is 1.76. The van der Waals surface area contributed by atoms with Crippen molar-refractivity contribution in [3.8, 4) is 0 Å². The van der Waals surface area contributed by atoms with Crippen LogP contribution in [0.1, 0.15) is 25.7 Å². The van der Waals surface area contributed by atoms with E-state index in [1.54, 1.807) is 17.2 Å². The zero-order valence-corrected chi connectivity index (χ0v) is 9.90. The Labute approximate surface area is 96.8 Å². The average Bonchev–Trinajstić information content (AvgIpc) is 2.43. The molecule has 0 N–H and O–H groups in total. The topological polar surface area (TPSA) is 46.1 Å². The third-order valence-corrected chi connectivity index (χ3v) is 2.87. The van der Waals surface area contributed by atoms with E-state index in [2.05, 4.69) is 25.9 Å². The van der Waals surface area contributed by atoms with Crippen molar-refractivity contribution < 1.29 is 4.79 Å². The molecule has 1 aliphatic heterocycles. The lowest BCUT2D eigenvalue weighted by atomic mass is 10.2. The molecule has 0 bridgehead atoms. The van der Waals surface area contributed by atoms with Gasteiger partial charge in [0, 0.05) is 19.2 Å². The lowest BCUT2D eigenvalue weighted by Crippen LogP contribution is -2.31. The SMILES string of the molecule is O=C1CCCCCN1c1nccc(Br)n1. The highest BCUT2D eigenvalue weighted by molar-refractivity contribution is 9.10. The van der Waals surface area contributed by atoms with Gasteiger partial charge in [-0.25, -0.2) is 9.97 Å². The molecule has 0 aliphatic carbocycles. The van der Waals surface area contributed by atoms with Crippen molar-refractivity contribution in [3.05, 3.63) is 16.9 Å². The number of halogens is 1. The van der Waals surface area contributed by atoms with Crippen molar-refractivity contribution in [1.82, 2.24) is 9.97 Å². The molecule has 0 saturated carbocycles. The molecule has 15 heavy (non-hydrogen) atoms. The van der Waals surface area contributed by atoms with E-state index in [4.69, 9.17) is 0 Å². The number of rotatable bonds is 1. The van der Waals surface area contributed by atoms with Crippen LogP contribution in [0.15, 0.2) is 16.9 Å². The molecule has 1 aliphatic rings. The van der Waals surface area contributed by atoms with Crippen molar-refractivity contribution in [1.29, 1.82) is 0 Å². The first-order valence-electron chi connectivity index (χ1n) is 5.06. The summed E-state index contributed by atoms with van der Waals surface area (Å²) < 4.78 is 0.713. The maximum atomic E-state index is 11.8. The third kappa shape index (κ3) is 2.53. The predicted molar refractivity (Wildman–Crippen MR) is 60.6 cm³/mol. The fraction of sp³-hybridized carbons (Fsp3) is 0.500. The van der Waals surface area contributed by atoms with Gasteiger partial charge in [-0.1, -0.05) is 6.42 Å². The second kappa shape index (κ2) is 4.70. The van der Waals surface area contributed by atoms with E-state index < -0.39 is 0 Å². The van der Waals surface area contributed by atoms with Gasteiger partial charge in [0.1, 0.15) is 4.60 Å². The maximum absolute atomic E-state index is 11.8. The Bertz CT molecular complexity index is 369. The Morgan fingerprint density at radius 2 is 2.20 bits per heavy atom. The standard InChI is InChI=1S/C10H12BrN3O/c11-8-5-6-12-10(13-8)14-7-3-1-2-4-9(14)15/h5-6H,1-4,7H2. The first kappa shape index (κ1) is 10.5. The van der Waals surface area contributed by atoms with Gasteiger partial charge in [0.15, 0.2) is 0 Å². The first-order valence-corrected chi connectivity index (χ1v) is 5.85. The Morgan fingerprint density at radius 1 is 1.33 bits per heavy atom. The molecule has 1 aromatic rings. The van der Waals surface area contributed by atoms with Crippen molar-refractivity contribution in [2.75, 3.05) is 11.4 Å². The van der Waals surface area contributed by atoms with Crippen LogP contribution in [-0.4, -0.2) is 22.4 Å². The molecule has 0 aromatic carbocycles. The van der Waals surface area contributed by atoms with Crippen molar-refractivity contribution >= 4 is 27.8 Å². The fourth-order valence-electron chi connectivity index (χ4n) is 1.65. The molecular weight excluding hydrogens is 258 g/mol. The summed E-state index contributed by atoms with van der Waals surface area (Å²) in [5, 5.41) is 0. The number of anilines is 1. The number of carbonyl (C=O) groups excluding carboxylic acids is 1. The number of carbonyl (C=O) groups is 1. The van der Waals surface area contributed by atoms with Gasteiger partial charge in [0.05, 0.1) is 0 Å². The Hall–Kier alpha value is -0.970. The fourth-order valence-corrected chi connectivity index (χ4v) is 1.93. The van der Waals surface area contributed by atoms with E-state index in [0.717, 1.165) is 25.8 Å². The van der Waals surface area contributed by atoms with Crippen LogP contribution in [0.4, 0.5) is 5.95 Å². The van der Waals surface area contributed by atoms with Crippen LogP contribution in [0.5, 0.6) is 0 Å². The molecule has 1 fully saturated rings. The highest BCUT2D eigenvalue weighted by Crippen LogP contribution is 2.17. The second-order valence-electron chi connectivity index (χ2n) is 3.54. The van der Waals surface area contributed by atoms with Gasteiger partial charge in [0.2, 0.25) is 11.9 Å². The normalized spacial score (nSPS) is 17.7. The quantitative estimate of drug-likeness (QED) is 0.734. The van der Waals surface area contributed by atoms with E-state index >= 15 is 0 Å². The number of nitrogens with zero attached hydrogens (tertiary/aromatic N) is 3. The molecule has 2 heterocycles. The summed E-state index contributed by atoms with van der Waals surface area (Å²) in [6.07, 6.45) is 5.38. The van der Waals surface area contributed by atoms with Gasteiger partial charge in [-0.15, -0.1) is 0 Å². The Kier molecular flexibility index (Phi) is 3.30. The molecule has 80 valence electrons. The zero-order chi connectivity index (χ0) is 10.7. The number of amides is 1. The first-order chi connectivity index (χ1) is 7.27. The van der Waals surface area contributed by atoms with Gasteiger partial charge in [-0.05, 0) is 34.8 Å². The maximum Gasteiger partial charge on any atom is 0.233 e. The minimum absolute atomic E-state index is 0.130. The van der Waals surface area contributed by atoms with E-state index in [1.807, 2.05) is 0 Å². The summed E-state index contributed by atoms with van der Waals surface area (Å²) in [4.78, 5) is 21.8. The zero-order valence-electron chi connectivity index (χ0n) is 8.32. The lowest BCUT2D eigenvalue weighted by Gasteiger charge is -2.17. The van der Waals surface area contributed by atoms with E-state index in [-0.39, 0.29) is 5.91 Å². The van der Waals surface area contributed by atoms with Gasteiger partial charge in [-0.2, -0.15) is 0 Å². The highest BCUT2D eigenvalue weighted by Gasteiger charge is 2.20. The molecule has 4 nitrogen and oxygen atoms in total. The van der Waals surface area contributed by atoms with Crippen LogP contribution in [0, 0.1) is 0 Å². The van der Waals surface area contributed by atoms with Gasteiger partial charge < -0.3 is 0 Å². The van der Waals surface area contributed by atoms with Crippen molar-refractivity contribution in [3.63, 3.8) is 0 Å². The van der Waals surface area contributed by atoms with Crippen LogP contribution in [0.3, 0.4) is 0 Å². The minimum Gasteiger partial charge on any atom is -0.281 e. The molecule has 0 atom stereocenters. The van der Waals surface area contributed by atoms with Gasteiger partial charge in [-0.3, -0.25) is 9.69 Å². The molecule has 1 aromatic heterocycles. The van der Waals surface area contributed by atoms with Crippen molar-refractivity contribution in [2.24, 2.45) is 0 Å². The predicted octanol–water partition coefficient (Wildman–Crippen LogP) is 2.15. The molecule has 1 saturated heterocycles. The van der Waals surface area contributed by atoms with Crippen LogP contribution in [0.2, 0.25) is 0 Å². The summed E-state index contributed by atoms with van der Waals surface area (Å²) in [7, 11) is 0. The average molecular weight is 270 g/mol. The summed E-state index contributed by atoms with van der Waals surface area (Å²) in [5.41, 5.74) is 0. The second-order valence-corrected chi connectivity index (χ2v) is 4.35. The highest BCUT2D eigenvalue weighted by atomic mass is 79.9. The number of hydrogen-bond acceptors (Lipinski definition) is 3. The smallest absolute Gasteiger partial charge is 0.233 e.